The molecule has 0 saturated carbocycles. The summed E-state index contributed by atoms with van der Waals surface area (Å²) >= 11 is 1.60. The van der Waals surface area contributed by atoms with Gasteiger partial charge in [-0.2, -0.15) is 4.99 Å². The van der Waals surface area contributed by atoms with Gasteiger partial charge >= 0.3 is 0 Å². The van der Waals surface area contributed by atoms with Gasteiger partial charge in [0.2, 0.25) is 5.96 Å². The van der Waals surface area contributed by atoms with Gasteiger partial charge in [0.25, 0.3) is 0 Å². The molecule has 0 aliphatic carbocycles. The van der Waals surface area contributed by atoms with Crippen molar-refractivity contribution in [2.75, 3.05) is 11.6 Å². The molecule has 1 aromatic heterocycles. The molecule has 19 heavy (non-hydrogen) atoms. The van der Waals surface area contributed by atoms with Crippen LogP contribution in [0, 0.1) is 5.92 Å². The van der Waals surface area contributed by atoms with Crippen LogP contribution in [0.25, 0.3) is 0 Å². The van der Waals surface area contributed by atoms with E-state index in [1.807, 2.05) is 24.5 Å². The van der Waals surface area contributed by atoms with Crippen molar-refractivity contribution in [2.24, 2.45) is 21.6 Å². The Balaban J connectivity index is 2.91. The first-order valence-electron chi connectivity index (χ1n) is 5.85. The highest BCUT2D eigenvalue weighted by atomic mass is 32.2. The highest BCUT2D eigenvalue weighted by Crippen LogP contribution is 2.16. The lowest BCUT2D eigenvalue weighted by Gasteiger charge is -2.08. The third-order valence-electron chi connectivity index (χ3n) is 2.11. The van der Waals surface area contributed by atoms with E-state index in [1.54, 1.807) is 18.0 Å². The summed E-state index contributed by atoms with van der Waals surface area (Å²) in [5.74, 6) is 1.11. The standard InChI is InChI=1S/C13H19N5S/c1-9(2)7-11(18-13(14)15-3)17-10-5-6-12(19-4)16-8-10/h5-9,17H,3H2,1-2,4H3,(H2,14,18)/b11-7-. The summed E-state index contributed by atoms with van der Waals surface area (Å²) in [5.41, 5.74) is 6.42. The molecule has 0 aliphatic rings. The third-order valence-corrected chi connectivity index (χ3v) is 2.77. The summed E-state index contributed by atoms with van der Waals surface area (Å²) in [6.45, 7) is 7.47. The molecule has 0 spiro atoms. The van der Waals surface area contributed by atoms with E-state index in [0.717, 1.165) is 10.7 Å². The van der Waals surface area contributed by atoms with Gasteiger partial charge in [-0.3, -0.25) is 0 Å². The number of allylic oxidation sites excluding steroid dienone is 1. The summed E-state index contributed by atoms with van der Waals surface area (Å²) in [6.07, 6.45) is 5.70. The van der Waals surface area contributed by atoms with Gasteiger partial charge in [0.1, 0.15) is 5.82 Å². The zero-order valence-electron chi connectivity index (χ0n) is 11.4. The van der Waals surface area contributed by atoms with Gasteiger partial charge in [0, 0.05) is 0 Å². The second kappa shape index (κ2) is 7.58. The maximum Gasteiger partial charge on any atom is 0.221 e. The number of nitrogens with one attached hydrogen (secondary N) is 1. The van der Waals surface area contributed by atoms with Crippen LogP contribution in [0.5, 0.6) is 0 Å². The Morgan fingerprint density at radius 2 is 2.26 bits per heavy atom. The van der Waals surface area contributed by atoms with Crippen LogP contribution in [0.3, 0.4) is 0 Å². The minimum Gasteiger partial charge on any atom is -0.368 e. The maximum absolute atomic E-state index is 5.57. The molecule has 0 saturated heterocycles. The first kappa shape index (κ1) is 15.2. The number of rotatable bonds is 5. The first-order chi connectivity index (χ1) is 9.05. The first-order valence-corrected chi connectivity index (χ1v) is 7.07. The zero-order chi connectivity index (χ0) is 14.3. The fourth-order valence-electron chi connectivity index (χ4n) is 1.30. The molecule has 1 heterocycles. The van der Waals surface area contributed by atoms with Crippen molar-refractivity contribution in [1.29, 1.82) is 0 Å². The Hall–Kier alpha value is -1.82. The Kier molecular flexibility index (Phi) is 6.08. The van der Waals surface area contributed by atoms with E-state index >= 15 is 0 Å². The van der Waals surface area contributed by atoms with Crippen LogP contribution in [0.1, 0.15) is 13.8 Å². The predicted octanol–water partition coefficient (Wildman–Crippen LogP) is 2.73. The lowest BCUT2D eigenvalue weighted by molar-refractivity contribution is 0.820. The minimum absolute atomic E-state index is 0.132. The van der Waals surface area contributed by atoms with Crippen molar-refractivity contribution in [3.63, 3.8) is 0 Å². The quantitative estimate of drug-likeness (QED) is 0.493. The van der Waals surface area contributed by atoms with Gasteiger partial charge in [-0.25, -0.2) is 9.98 Å². The second-order valence-electron chi connectivity index (χ2n) is 4.14. The van der Waals surface area contributed by atoms with Gasteiger partial charge in [-0.05, 0) is 37.1 Å². The molecule has 3 N–H and O–H groups in total. The number of nitrogens with zero attached hydrogens (tertiary/aromatic N) is 3. The van der Waals surface area contributed by atoms with Gasteiger partial charge in [-0.1, -0.05) is 13.8 Å². The number of thioether (sulfide) groups is 1. The van der Waals surface area contributed by atoms with Gasteiger partial charge < -0.3 is 11.1 Å². The molecule has 0 unspecified atom stereocenters. The molecule has 0 bridgehead atoms. The SMILES string of the molecule is C=N/C(N)=N\C(=C/C(C)C)Nc1ccc(SC)nc1. The van der Waals surface area contributed by atoms with Gasteiger partial charge in [0.15, 0.2) is 0 Å². The van der Waals surface area contributed by atoms with Crippen LogP contribution in [0.4, 0.5) is 5.69 Å². The van der Waals surface area contributed by atoms with Crippen molar-refractivity contribution in [3.05, 3.63) is 30.2 Å². The maximum atomic E-state index is 5.57. The molecule has 0 radical (unpaired) electrons. The highest BCUT2D eigenvalue weighted by Gasteiger charge is 2.01. The van der Waals surface area contributed by atoms with Crippen LogP contribution in [0.2, 0.25) is 0 Å². The summed E-state index contributed by atoms with van der Waals surface area (Å²) in [7, 11) is 0. The zero-order valence-corrected chi connectivity index (χ0v) is 12.2. The van der Waals surface area contributed by atoms with E-state index in [9.17, 15) is 0 Å². The van der Waals surface area contributed by atoms with E-state index in [4.69, 9.17) is 5.73 Å². The van der Waals surface area contributed by atoms with E-state index in [2.05, 4.69) is 40.9 Å². The van der Waals surface area contributed by atoms with Crippen molar-refractivity contribution < 1.29 is 0 Å². The van der Waals surface area contributed by atoms with Crippen LogP contribution < -0.4 is 11.1 Å². The Bertz CT molecular complexity index is 476. The number of hydrogen-bond acceptors (Lipinski definition) is 4. The molecule has 0 aliphatic heterocycles. The molecule has 6 heteroatoms. The molecule has 1 aromatic rings. The summed E-state index contributed by atoms with van der Waals surface area (Å²) in [5, 5.41) is 4.13. The molecule has 0 atom stereocenters. The lowest BCUT2D eigenvalue weighted by Crippen LogP contribution is -2.10. The number of aromatic nitrogens is 1. The number of nitrogens with two attached hydrogens (primary N) is 1. The van der Waals surface area contributed by atoms with Crippen LogP contribution >= 0.6 is 11.8 Å². The summed E-state index contributed by atoms with van der Waals surface area (Å²) in [4.78, 5) is 12.0. The smallest absolute Gasteiger partial charge is 0.221 e. The van der Waals surface area contributed by atoms with E-state index in [-0.39, 0.29) is 5.96 Å². The monoisotopic (exact) mass is 277 g/mol. The number of hydrogen-bond donors (Lipinski definition) is 2. The van der Waals surface area contributed by atoms with E-state index in [1.165, 1.54) is 0 Å². The van der Waals surface area contributed by atoms with Crippen LogP contribution in [-0.2, 0) is 0 Å². The van der Waals surface area contributed by atoms with Gasteiger partial charge in [0.05, 0.1) is 16.9 Å². The predicted molar refractivity (Wildman–Crippen MR) is 83.7 cm³/mol. The van der Waals surface area contributed by atoms with Crippen molar-refractivity contribution in [3.8, 4) is 0 Å². The molecule has 5 nitrogen and oxygen atoms in total. The molecule has 0 amide bonds. The molecule has 0 fully saturated rings. The highest BCUT2D eigenvalue weighted by molar-refractivity contribution is 7.98. The molecule has 102 valence electrons. The topological polar surface area (TPSA) is 75.7 Å². The average Bonchev–Trinajstić information content (AvgIpc) is 2.38. The van der Waals surface area contributed by atoms with Gasteiger partial charge in [-0.15, -0.1) is 11.8 Å². The average molecular weight is 277 g/mol. The van der Waals surface area contributed by atoms with E-state index in [0.29, 0.717) is 11.7 Å². The van der Waals surface area contributed by atoms with Crippen molar-refractivity contribution >= 4 is 30.1 Å². The van der Waals surface area contributed by atoms with Crippen molar-refractivity contribution in [1.82, 2.24) is 4.98 Å². The number of pyridine rings is 1. The summed E-state index contributed by atoms with van der Waals surface area (Å²) in [6, 6.07) is 3.89. The molecule has 0 aromatic carbocycles. The minimum atomic E-state index is 0.132. The number of anilines is 1. The molecular weight excluding hydrogens is 258 g/mol. The molecule has 1 rings (SSSR count). The Labute approximate surface area is 118 Å². The fraction of sp³-hybridized carbons (Fsp3) is 0.308. The third kappa shape index (κ3) is 5.56. The van der Waals surface area contributed by atoms with Crippen molar-refractivity contribution in [2.45, 2.75) is 18.9 Å². The van der Waals surface area contributed by atoms with Crippen LogP contribution in [0.15, 0.2) is 45.2 Å². The largest absolute Gasteiger partial charge is 0.368 e. The number of guanidine groups is 1. The fourth-order valence-corrected chi connectivity index (χ4v) is 1.67. The molecular formula is C13H19N5S. The second-order valence-corrected chi connectivity index (χ2v) is 4.96. The van der Waals surface area contributed by atoms with E-state index < -0.39 is 0 Å². The Morgan fingerprint density at radius 1 is 1.53 bits per heavy atom. The number of aliphatic imine (C=N–C) groups is 2. The van der Waals surface area contributed by atoms with Crippen LogP contribution in [-0.4, -0.2) is 23.9 Å². The summed E-state index contributed by atoms with van der Waals surface area (Å²) < 4.78 is 0. The normalized spacial score (nSPS) is 12.6. The Morgan fingerprint density at radius 3 is 2.74 bits per heavy atom. The lowest BCUT2D eigenvalue weighted by atomic mass is 10.2.